The molecule has 3 aromatic rings. The van der Waals surface area contributed by atoms with Crippen LogP contribution in [-0.2, 0) is 19.1 Å². The highest BCUT2D eigenvalue weighted by atomic mass is 16.6. The minimum Gasteiger partial charge on any atom is -0.493 e. The van der Waals surface area contributed by atoms with Gasteiger partial charge in [-0.25, -0.2) is 9.59 Å². The van der Waals surface area contributed by atoms with Crippen LogP contribution in [0.1, 0.15) is 64.1 Å². The average molecular weight is 594 g/mol. The molecule has 0 radical (unpaired) electrons. The maximum Gasteiger partial charge on any atom is 0.344 e. The number of aromatic nitrogens is 1. The molecule has 0 saturated heterocycles. The number of hydrogen-bond acceptors (Lipinski definition) is 10. The molecule has 0 aliphatic carbocycles. The van der Waals surface area contributed by atoms with Crippen molar-refractivity contribution in [3.05, 3.63) is 65.0 Å². The second-order valence-corrected chi connectivity index (χ2v) is 11.4. The molecule has 0 fully saturated rings. The molecule has 0 unspecified atom stereocenters. The summed E-state index contributed by atoms with van der Waals surface area (Å²) in [5.74, 6) is 1.43. The van der Waals surface area contributed by atoms with Crippen LogP contribution >= 0.6 is 0 Å². The van der Waals surface area contributed by atoms with Gasteiger partial charge in [-0.05, 0) is 89.1 Å². The van der Waals surface area contributed by atoms with E-state index in [4.69, 9.17) is 32.9 Å². The number of carbonyl (C=O) groups excluding carboxylic acids is 2. The Kier molecular flexibility index (Phi) is 11.0. The first kappa shape index (κ1) is 32.8. The van der Waals surface area contributed by atoms with Crippen LogP contribution in [0.15, 0.2) is 47.0 Å². The molecule has 0 saturated carbocycles. The van der Waals surface area contributed by atoms with Crippen LogP contribution in [0, 0.1) is 0 Å². The van der Waals surface area contributed by atoms with E-state index in [1.165, 1.54) is 14.2 Å². The van der Waals surface area contributed by atoms with Crippen LogP contribution in [0.25, 0.3) is 24.3 Å². The van der Waals surface area contributed by atoms with Crippen molar-refractivity contribution in [3.63, 3.8) is 0 Å². The molecule has 2 aromatic carbocycles. The Morgan fingerprint density at radius 1 is 0.674 bits per heavy atom. The topological polar surface area (TPSA) is 116 Å². The Balaban J connectivity index is 1.60. The highest BCUT2D eigenvalue weighted by molar-refractivity contribution is 5.74. The number of esters is 2. The normalized spacial score (nSPS) is 11.9. The van der Waals surface area contributed by atoms with Crippen molar-refractivity contribution >= 4 is 36.2 Å². The van der Waals surface area contributed by atoms with Crippen molar-refractivity contribution < 1.29 is 42.5 Å². The van der Waals surface area contributed by atoms with Crippen molar-refractivity contribution in [2.24, 2.45) is 0 Å². The van der Waals surface area contributed by atoms with Crippen LogP contribution in [-0.4, -0.2) is 55.7 Å². The van der Waals surface area contributed by atoms with Gasteiger partial charge in [0.2, 0.25) is 0 Å². The summed E-state index contributed by atoms with van der Waals surface area (Å²) >= 11 is 0. The number of nitrogens with zero attached hydrogens (tertiary/aromatic N) is 1. The fraction of sp³-hybridized carbons (Fsp3) is 0.364. The minimum absolute atomic E-state index is 0.225. The van der Waals surface area contributed by atoms with Gasteiger partial charge in [0.15, 0.2) is 42.0 Å². The van der Waals surface area contributed by atoms with Crippen LogP contribution in [0.3, 0.4) is 0 Å². The summed E-state index contributed by atoms with van der Waals surface area (Å²) in [4.78, 5) is 23.9. The van der Waals surface area contributed by atoms with E-state index in [0.717, 1.165) is 11.1 Å². The van der Waals surface area contributed by atoms with E-state index in [-0.39, 0.29) is 13.2 Å². The molecule has 0 bridgehead atoms. The number of carbonyl (C=O) groups is 2. The lowest BCUT2D eigenvalue weighted by atomic mass is 10.1. The summed E-state index contributed by atoms with van der Waals surface area (Å²) in [6.07, 6.45) is 7.28. The average Bonchev–Trinajstić information content (AvgIpc) is 3.39. The second kappa shape index (κ2) is 14.4. The van der Waals surface area contributed by atoms with Gasteiger partial charge in [-0.2, -0.15) is 0 Å². The molecule has 0 aliphatic heterocycles. The first-order valence-electron chi connectivity index (χ1n) is 13.6. The maximum atomic E-state index is 12.0. The Morgan fingerprint density at radius 3 is 1.58 bits per heavy atom. The molecule has 10 heteroatoms. The zero-order valence-corrected chi connectivity index (χ0v) is 25.9. The quantitative estimate of drug-likeness (QED) is 0.216. The molecule has 1 aromatic heterocycles. The van der Waals surface area contributed by atoms with Crippen molar-refractivity contribution in [2.75, 3.05) is 27.4 Å². The van der Waals surface area contributed by atoms with Crippen molar-refractivity contribution in [1.82, 2.24) is 5.16 Å². The first-order chi connectivity index (χ1) is 20.2. The standard InChI is InChI=1S/C33H39NO9/c1-32(2,3)41-30(35)20-39-26-15-11-22(17-28(26)37-7)9-13-24-19-25(43-34-24)14-10-23-12-16-27(29(18-23)38-8)40-21-31(36)42-33(4,5)6/h9-19H,20-21H2,1-8H3/b13-9+,14-10+. The molecule has 1 heterocycles. The summed E-state index contributed by atoms with van der Waals surface area (Å²) in [5.41, 5.74) is 1.11. The van der Waals surface area contributed by atoms with Gasteiger partial charge in [0.25, 0.3) is 0 Å². The lowest BCUT2D eigenvalue weighted by Crippen LogP contribution is -2.27. The molecule has 0 spiro atoms. The van der Waals surface area contributed by atoms with E-state index < -0.39 is 23.1 Å². The second-order valence-electron chi connectivity index (χ2n) is 11.4. The Bertz CT molecular complexity index is 1350. The lowest BCUT2D eigenvalue weighted by molar-refractivity contribution is -0.158. The third-order valence-electron chi connectivity index (χ3n) is 5.34. The molecule has 0 aliphatic rings. The van der Waals surface area contributed by atoms with Crippen LogP contribution in [0.2, 0.25) is 0 Å². The van der Waals surface area contributed by atoms with Gasteiger partial charge in [-0.1, -0.05) is 29.4 Å². The number of ether oxygens (including phenoxy) is 6. The molecule has 43 heavy (non-hydrogen) atoms. The summed E-state index contributed by atoms with van der Waals surface area (Å²) in [7, 11) is 3.05. The zero-order chi connectivity index (χ0) is 31.6. The van der Waals surface area contributed by atoms with E-state index >= 15 is 0 Å². The number of hydrogen-bond donors (Lipinski definition) is 0. The number of rotatable bonds is 12. The van der Waals surface area contributed by atoms with Gasteiger partial charge in [0, 0.05) is 6.07 Å². The molecule has 3 rings (SSSR count). The smallest absolute Gasteiger partial charge is 0.344 e. The third kappa shape index (κ3) is 11.2. The van der Waals surface area contributed by atoms with E-state index in [0.29, 0.717) is 34.5 Å². The Morgan fingerprint density at radius 2 is 1.14 bits per heavy atom. The van der Waals surface area contributed by atoms with Gasteiger partial charge in [0.05, 0.1) is 14.2 Å². The van der Waals surface area contributed by atoms with E-state index in [2.05, 4.69) is 5.16 Å². The Hall–Kier alpha value is -4.73. The van der Waals surface area contributed by atoms with Gasteiger partial charge in [-0.3, -0.25) is 0 Å². The number of benzene rings is 2. The van der Waals surface area contributed by atoms with Crippen LogP contribution in [0.5, 0.6) is 23.0 Å². The molecular formula is C33H39NO9. The SMILES string of the molecule is COc1cc(/C=C/c2cc(/C=C/c3ccc(OCC(=O)OC(C)(C)C)c(OC)c3)on2)ccc1OCC(=O)OC(C)(C)C. The van der Waals surface area contributed by atoms with Gasteiger partial charge < -0.3 is 32.9 Å². The summed E-state index contributed by atoms with van der Waals surface area (Å²) in [5, 5.41) is 4.09. The predicted octanol–water partition coefficient (Wildman–Crippen LogP) is 6.47. The van der Waals surface area contributed by atoms with Crippen molar-refractivity contribution in [3.8, 4) is 23.0 Å². The monoisotopic (exact) mass is 593 g/mol. The van der Waals surface area contributed by atoms with Crippen molar-refractivity contribution in [2.45, 2.75) is 52.7 Å². The highest BCUT2D eigenvalue weighted by Gasteiger charge is 2.18. The fourth-order valence-corrected chi connectivity index (χ4v) is 3.65. The molecule has 230 valence electrons. The van der Waals surface area contributed by atoms with Gasteiger partial charge >= 0.3 is 11.9 Å². The Labute approximate surface area is 252 Å². The van der Waals surface area contributed by atoms with Crippen LogP contribution < -0.4 is 18.9 Å². The number of methoxy groups -OCH3 is 2. The predicted molar refractivity (Wildman–Crippen MR) is 163 cm³/mol. The molecule has 0 atom stereocenters. The summed E-state index contributed by atoms with van der Waals surface area (Å²) in [6.45, 7) is 10.3. The van der Waals surface area contributed by atoms with E-state index in [1.807, 2.05) is 24.3 Å². The third-order valence-corrected chi connectivity index (χ3v) is 5.34. The first-order valence-corrected chi connectivity index (χ1v) is 13.6. The summed E-state index contributed by atoms with van der Waals surface area (Å²) in [6, 6.07) is 12.5. The maximum absolute atomic E-state index is 12.0. The molecular weight excluding hydrogens is 554 g/mol. The lowest BCUT2D eigenvalue weighted by Gasteiger charge is -2.19. The van der Waals surface area contributed by atoms with Crippen LogP contribution in [0.4, 0.5) is 0 Å². The molecule has 0 amide bonds. The summed E-state index contributed by atoms with van der Waals surface area (Å²) < 4.78 is 38.0. The van der Waals surface area contributed by atoms with Gasteiger partial charge in [0.1, 0.15) is 16.9 Å². The largest absolute Gasteiger partial charge is 0.493 e. The van der Waals surface area contributed by atoms with E-state index in [9.17, 15) is 9.59 Å². The fourth-order valence-electron chi connectivity index (χ4n) is 3.65. The van der Waals surface area contributed by atoms with Crippen molar-refractivity contribution in [1.29, 1.82) is 0 Å². The molecule has 0 N–H and O–H groups in total. The zero-order valence-electron chi connectivity index (χ0n) is 25.9. The minimum atomic E-state index is -0.588. The highest BCUT2D eigenvalue weighted by Crippen LogP contribution is 2.30. The molecule has 10 nitrogen and oxygen atoms in total. The van der Waals surface area contributed by atoms with Gasteiger partial charge in [-0.15, -0.1) is 0 Å². The van der Waals surface area contributed by atoms with E-state index in [1.54, 1.807) is 84.0 Å².